The number of amides is 2. The molecule has 9 nitrogen and oxygen atoms in total. The van der Waals surface area contributed by atoms with Crippen molar-refractivity contribution in [2.24, 2.45) is 5.73 Å². The standard InChI is InChI=1S/C11H17N3O6S/c12-5(10(17)18)1-2-8(15)13-6-3-21-4-7(11(19)20)14-9(6)16/h5-7H,1-4,12H2,(H,13,15)(H,14,16)(H,17,18)(H,19,20)/t5-,6+,7+/m0/s1. The number of thioether (sulfide) groups is 1. The Bertz CT molecular complexity index is 444. The maximum atomic E-state index is 11.8. The van der Waals surface area contributed by atoms with Crippen molar-refractivity contribution in [3.8, 4) is 0 Å². The van der Waals surface area contributed by atoms with E-state index >= 15 is 0 Å². The van der Waals surface area contributed by atoms with Crippen LogP contribution in [0.15, 0.2) is 0 Å². The molecule has 1 aliphatic heterocycles. The van der Waals surface area contributed by atoms with Crippen LogP contribution in [0, 0.1) is 0 Å². The number of hydrogen-bond donors (Lipinski definition) is 5. The summed E-state index contributed by atoms with van der Waals surface area (Å²) >= 11 is 1.24. The highest BCUT2D eigenvalue weighted by molar-refractivity contribution is 7.99. The van der Waals surface area contributed by atoms with Gasteiger partial charge in [0.05, 0.1) is 0 Å². The number of rotatable bonds is 6. The zero-order valence-corrected chi connectivity index (χ0v) is 11.9. The summed E-state index contributed by atoms with van der Waals surface area (Å²) in [5, 5.41) is 22.2. The molecule has 0 radical (unpaired) electrons. The Labute approximate surface area is 124 Å². The molecule has 1 fully saturated rings. The van der Waals surface area contributed by atoms with Crippen molar-refractivity contribution >= 4 is 35.5 Å². The number of carbonyl (C=O) groups is 4. The molecule has 0 unspecified atom stereocenters. The molecule has 118 valence electrons. The van der Waals surface area contributed by atoms with E-state index in [1.807, 2.05) is 0 Å². The predicted molar refractivity (Wildman–Crippen MR) is 73.7 cm³/mol. The topological polar surface area (TPSA) is 159 Å². The van der Waals surface area contributed by atoms with Crippen LogP contribution in [0.1, 0.15) is 12.8 Å². The minimum absolute atomic E-state index is 0.0413. The number of carbonyl (C=O) groups excluding carboxylic acids is 2. The van der Waals surface area contributed by atoms with E-state index in [1.165, 1.54) is 11.8 Å². The third-order valence-corrected chi connectivity index (χ3v) is 3.97. The van der Waals surface area contributed by atoms with E-state index in [-0.39, 0.29) is 24.3 Å². The normalized spacial score (nSPS) is 23.6. The van der Waals surface area contributed by atoms with Crippen molar-refractivity contribution < 1.29 is 29.4 Å². The lowest BCUT2D eigenvalue weighted by molar-refractivity contribution is -0.141. The predicted octanol–water partition coefficient (Wildman–Crippen LogP) is -2.02. The first-order valence-electron chi connectivity index (χ1n) is 6.20. The molecule has 0 saturated carbocycles. The monoisotopic (exact) mass is 319 g/mol. The van der Waals surface area contributed by atoms with Gasteiger partial charge in [0, 0.05) is 17.9 Å². The molecule has 0 aromatic carbocycles. The Kier molecular flexibility index (Phi) is 6.43. The summed E-state index contributed by atoms with van der Waals surface area (Å²) in [6.07, 6.45) is -0.162. The second kappa shape index (κ2) is 7.84. The Morgan fingerprint density at radius 2 is 2.05 bits per heavy atom. The number of nitrogens with one attached hydrogen (secondary N) is 2. The maximum absolute atomic E-state index is 11.8. The lowest BCUT2D eigenvalue weighted by Gasteiger charge is -2.16. The van der Waals surface area contributed by atoms with E-state index in [0.717, 1.165) is 0 Å². The highest BCUT2D eigenvalue weighted by Crippen LogP contribution is 2.11. The largest absolute Gasteiger partial charge is 0.480 e. The SMILES string of the molecule is N[C@@H](CCC(=O)N[C@@H]1CSC[C@H](C(=O)O)NC1=O)C(=O)O. The van der Waals surface area contributed by atoms with E-state index in [1.54, 1.807) is 0 Å². The zero-order chi connectivity index (χ0) is 16.0. The smallest absolute Gasteiger partial charge is 0.327 e. The first kappa shape index (κ1) is 17.2. The van der Waals surface area contributed by atoms with Crippen LogP contribution in [0.5, 0.6) is 0 Å². The molecule has 0 aromatic rings. The molecule has 21 heavy (non-hydrogen) atoms. The Balaban J connectivity index is 2.46. The molecular formula is C11H17N3O6S. The maximum Gasteiger partial charge on any atom is 0.327 e. The van der Waals surface area contributed by atoms with Crippen LogP contribution in [0.2, 0.25) is 0 Å². The summed E-state index contributed by atoms with van der Waals surface area (Å²) in [5.74, 6) is -2.92. The Morgan fingerprint density at radius 1 is 1.38 bits per heavy atom. The number of carboxylic acids is 2. The van der Waals surface area contributed by atoms with Gasteiger partial charge in [-0.1, -0.05) is 0 Å². The fourth-order valence-corrected chi connectivity index (χ4v) is 2.68. The molecule has 6 N–H and O–H groups in total. The molecule has 0 bridgehead atoms. The number of nitrogens with two attached hydrogens (primary N) is 1. The molecule has 0 aliphatic carbocycles. The molecule has 10 heteroatoms. The molecular weight excluding hydrogens is 302 g/mol. The average Bonchev–Trinajstić information content (AvgIpc) is 2.58. The summed E-state index contributed by atoms with van der Waals surface area (Å²) < 4.78 is 0. The van der Waals surface area contributed by atoms with Gasteiger partial charge in [-0.2, -0.15) is 11.8 Å². The molecule has 1 heterocycles. The summed E-state index contributed by atoms with van der Waals surface area (Å²) in [4.78, 5) is 44.8. The quantitative estimate of drug-likeness (QED) is 0.375. The summed E-state index contributed by atoms with van der Waals surface area (Å²) in [6, 6.07) is -2.96. The van der Waals surface area contributed by atoms with Gasteiger partial charge in [-0.25, -0.2) is 4.79 Å². The van der Waals surface area contributed by atoms with Crippen molar-refractivity contribution in [1.29, 1.82) is 0 Å². The average molecular weight is 319 g/mol. The fraction of sp³-hybridized carbons (Fsp3) is 0.636. The molecule has 3 atom stereocenters. The molecule has 2 amide bonds. The summed E-state index contributed by atoms with van der Waals surface area (Å²) in [6.45, 7) is 0. The Hall–Kier alpha value is -1.81. The van der Waals surface area contributed by atoms with Gasteiger partial charge in [-0.3, -0.25) is 14.4 Å². The second-order valence-corrected chi connectivity index (χ2v) is 5.62. The van der Waals surface area contributed by atoms with Gasteiger partial charge in [0.25, 0.3) is 0 Å². The summed E-state index contributed by atoms with van der Waals surface area (Å²) in [5.41, 5.74) is 5.27. The van der Waals surface area contributed by atoms with Crippen LogP contribution in [-0.2, 0) is 19.2 Å². The lowest BCUT2D eigenvalue weighted by Crippen LogP contribution is -2.51. The van der Waals surface area contributed by atoms with Crippen molar-refractivity contribution in [3.63, 3.8) is 0 Å². The van der Waals surface area contributed by atoms with Crippen LogP contribution >= 0.6 is 11.8 Å². The van der Waals surface area contributed by atoms with Crippen LogP contribution in [0.25, 0.3) is 0 Å². The van der Waals surface area contributed by atoms with Crippen molar-refractivity contribution in [2.75, 3.05) is 11.5 Å². The minimum Gasteiger partial charge on any atom is -0.480 e. The van der Waals surface area contributed by atoms with Gasteiger partial charge in [-0.15, -0.1) is 0 Å². The lowest BCUT2D eigenvalue weighted by atomic mass is 10.1. The molecule has 1 saturated heterocycles. The number of carboxylic acid groups (broad SMARTS) is 2. The van der Waals surface area contributed by atoms with Gasteiger partial charge < -0.3 is 26.6 Å². The molecule has 1 aliphatic rings. The van der Waals surface area contributed by atoms with E-state index in [2.05, 4.69) is 10.6 Å². The van der Waals surface area contributed by atoms with E-state index in [4.69, 9.17) is 15.9 Å². The van der Waals surface area contributed by atoms with Gasteiger partial charge in [0.15, 0.2) is 0 Å². The van der Waals surface area contributed by atoms with E-state index < -0.39 is 41.9 Å². The Morgan fingerprint density at radius 3 is 2.62 bits per heavy atom. The molecule has 0 aromatic heterocycles. The van der Waals surface area contributed by atoms with Gasteiger partial charge >= 0.3 is 11.9 Å². The van der Waals surface area contributed by atoms with Gasteiger partial charge in [-0.05, 0) is 6.42 Å². The van der Waals surface area contributed by atoms with E-state index in [9.17, 15) is 19.2 Å². The molecule has 1 rings (SSSR count). The first-order chi connectivity index (χ1) is 9.81. The first-order valence-corrected chi connectivity index (χ1v) is 7.35. The van der Waals surface area contributed by atoms with Crippen LogP contribution in [-0.4, -0.2) is 63.6 Å². The van der Waals surface area contributed by atoms with Crippen LogP contribution in [0.3, 0.4) is 0 Å². The van der Waals surface area contributed by atoms with Crippen molar-refractivity contribution in [2.45, 2.75) is 31.0 Å². The zero-order valence-electron chi connectivity index (χ0n) is 11.1. The van der Waals surface area contributed by atoms with Crippen LogP contribution < -0.4 is 16.4 Å². The van der Waals surface area contributed by atoms with Crippen molar-refractivity contribution in [3.05, 3.63) is 0 Å². The number of hydrogen-bond acceptors (Lipinski definition) is 6. The second-order valence-electron chi connectivity index (χ2n) is 4.54. The number of aliphatic carboxylic acids is 2. The highest BCUT2D eigenvalue weighted by Gasteiger charge is 2.30. The fourth-order valence-electron chi connectivity index (χ4n) is 1.61. The highest BCUT2D eigenvalue weighted by atomic mass is 32.2. The minimum atomic E-state index is -1.20. The van der Waals surface area contributed by atoms with Gasteiger partial charge in [0.1, 0.15) is 18.1 Å². The van der Waals surface area contributed by atoms with Gasteiger partial charge in [0.2, 0.25) is 11.8 Å². The third-order valence-electron chi connectivity index (χ3n) is 2.83. The molecule has 0 spiro atoms. The van der Waals surface area contributed by atoms with Crippen LogP contribution in [0.4, 0.5) is 0 Å². The van der Waals surface area contributed by atoms with E-state index in [0.29, 0.717) is 0 Å². The third kappa shape index (κ3) is 5.60. The van der Waals surface area contributed by atoms with Crippen molar-refractivity contribution in [1.82, 2.24) is 10.6 Å². The summed E-state index contributed by atoms with van der Waals surface area (Å²) in [7, 11) is 0.